The second kappa shape index (κ2) is 8.25. The molecule has 0 aliphatic heterocycles. The molecule has 0 aliphatic carbocycles. The topological polar surface area (TPSA) is 113 Å². The van der Waals surface area contributed by atoms with Crippen LogP contribution in [-0.2, 0) is 14.8 Å². The van der Waals surface area contributed by atoms with E-state index in [4.69, 9.17) is 5.11 Å². The van der Waals surface area contributed by atoms with Crippen molar-refractivity contribution in [2.24, 2.45) is 0 Å². The third-order valence-electron chi connectivity index (χ3n) is 2.97. The molecule has 0 spiro atoms. The average Bonchev–Trinajstić information content (AvgIpc) is 2.44. The van der Waals surface area contributed by atoms with Crippen molar-refractivity contribution in [2.45, 2.75) is 50.5 Å². The number of sulfonamides is 1. The Morgan fingerprint density at radius 1 is 1.08 bits per heavy atom. The zero-order chi connectivity index (χ0) is 18.4. The number of benzene rings is 1. The lowest BCUT2D eigenvalue weighted by molar-refractivity contribution is -0.137. The summed E-state index contributed by atoms with van der Waals surface area (Å²) in [4.78, 5) is 22.4. The molecule has 1 aromatic carbocycles. The highest BCUT2D eigenvalue weighted by Gasteiger charge is 2.22. The smallest absolute Gasteiger partial charge is 0.303 e. The van der Waals surface area contributed by atoms with Gasteiger partial charge in [-0.3, -0.25) is 9.59 Å². The van der Waals surface area contributed by atoms with Gasteiger partial charge in [-0.15, -0.1) is 0 Å². The molecule has 24 heavy (non-hydrogen) atoms. The van der Waals surface area contributed by atoms with Crippen LogP contribution < -0.4 is 10.0 Å². The summed E-state index contributed by atoms with van der Waals surface area (Å²) in [6, 6.07) is 5.66. The van der Waals surface area contributed by atoms with Crippen molar-refractivity contribution in [1.82, 2.24) is 10.0 Å². The molecule has 0 aliphatic rings. The number of amides is 1. The van der Waals surface area contributed by atoms with Gasteiger partial charge < -0.3 is 10.4 Å². The van der Waals surface area contributed by atoms with E-state index < -0.39 is 21.5 Å². The van der Waals surface area contributed by atoms with Gasteiger partial charge in [0.1, 0.15) is 0 Å². The SMILES string of the molecule is CC(C)(C)NS(=O)(=O)c1ccc(C(=O)NCCCCC(=O)O)cc1. The first-order valence-corrected chi connectivity index (χ1v) is 9.14. The van der Waals surface area contributed by atoms with Crippen molar-refractivity contribution in [3.05, 3.63) is 29.8 Å². The lowest BCUT2D eigenvalue weighted by atomic mass is 10.1. The van der Waals surface area contributed by atoms with Crippen LogP contribution in [0.3, 0.4) is 0 Å². The maximum atomic E-state index is 12.2. The fourth-order valence-electron chi connectivity index (χ4n) is 1.95. The van der Waals surface area contributed by atoms with E-state index in [9.17, 15) is 18.0 Å². The minimum absolute atomic E-state index is 0.0726. The Kier molecular flexibility index (Phi) is 6.92. The molecule has 3 N–H and O–H groups in total. The Hall–Kier alpha value is -1.93. The highest BCUT2D eigenvalue weighted by atomic mass is 32.2. The zero-order valence-electron chi connectivity index (χ0n) is 14.1. The summed E-state index contributed by atoms with van der Waals surface area (Å²) in [5.74, 6) is -1.18. The molecule has 0 radical (unpaired) electrons. The minimum Gasteiger partial charge on any atom is -0.481 e. The van der Waals surface area contributed by atoms with Crippen molar-refractivity contribution >= 4 is 21.9 Å². The third kappa shape index (κ3) is 7.10. The van der Waals surface area contributed by atoms with Gasteiger partial charge in [-0.05, 0) is 57.9 Å². The molecule has 8 heteroatoms. The number of carboxylic acids is 1. The highest BCUT2D eigenvalue weighted by Crippen LogP contribution is 2.14. The van der Waals surface area contributed by atoms with E-state index >= 15 is 0 Å². The van der Waals surface area contributed by atoms with Gasteiger partial charge in [0.2, 0.25) is 10.0 Å². The van der Waals surface area contributed by atoms with E-state index in [2.05, 4.69) is 10.0 Å². The van der Waals surface area contributed by atoms with Gasteiger partial charge in [0.15, 0.2) is 0 Å². The van der Waals surface area contributed by atoms with E-state index in [1.165, 1.54) is 24.3 Å². The maximum absolute atomic E-state index is 12.2. The number of rotatable bonds is 8. The molecule has 0 fully saturated rings. The lowest BCUT2D eigenvalue weighted by Crippen LogP contribution is -2.40. The molecular weight excluding hydrogens is 332 g/mol. The van der Waals surface area contributed by atoms with Crippen LogP contribution in [0.4, 0.5) is 0 Å². The van der Waals surface area contributed by atoms with Gasteiger partial charge >= 0.3 is 5.97 Å². The predicted molar refractivity (Wildman–Crippen MR) is 90.3 cm³/mol. The summed E-state index contributed by atoms with van der Waals surface area (Å²) in [6.07, 6.45) is 1.13. The Morgan fingerprint density at radius 3 is 2.17 bits per heavy atom. The zero-order valence-corrected chi connectivity index (χ0v) is 14.9. The van der Waals surface area contributed by atoms with Crippen LogP contribution in [0.5, 0.6) is 0 Å². The predicted octanol–water partition coefficient (Wildman–Crippen LogP) is 1.75. The second-order valence-electron chi connectivity index (χ2n) is 6.49. The fourth-order valence-corrected chi connectivity index (χ4v) is 3.37. The van der Waals surface area contributed by atoms with E-state index in [1.54, 1.807) is 20.8 Å². The summed E-state index contributed by atoms with van der Waals surface area (Å²) >= 11 is 0. The number of aliphatic carboxylic acids is 1. The Labute approximate surface area is 142 Å². The Balaban J connectivity index is 2.61. The molecular formula is C16H24N2O5S. The number of carbonyl (C=O) groups excluding carboxylic acids is 1. The molecule has 0 aromatic heterocycles. The van der Waals surface area contributed by atoms with Crippen LogP contribution in [-0.4, -0.2) is 37.5 Å². The molecule has 0 unspecified atom stereocenters. The number of hydrogen-bond acceptors (Lipinski definition) is 4. The highest BCUT2D eigenvalue weighted by molar-refractivity contribution is 7.89. The first-order valence-electron chi connectivity index (χ1n) is 7.65. The van der Waals surface area contributed by atoms with Gasteiger partial charge in [0.05, 0.1) is 4.90 Å². The van der Waals surface area contributed by atoms with E-state index in [-0.39, 0.29) is 17.2 Å². The first-order chi connectivity index (χ1) is 11.0. The van der Waals surface area contributed by atoms with Crippen molar-refractivity contribution in [2.75, 3.05) is 6.54 Å². The average molecular weight is 356 g/mol. The monoisotopic (exact) mass is 356 g/mol. The van der Waals surface area contributed by atoms with Crippen LogP contribution in [0, 0.1) is 0 Å². The molecule has 0 atom stereocenters. The molecule has 1 rings (SSSR count). The van der Waals surface area contributed by atoms with Crippen LogP contribution in [0.25, 0.3) is 0 Å². The van der Waals surface area contributed by atoms with E-state index in [0.717, 1.165) is 0 Å². The molecule has 0 heterocycles. The van der Waals surface area contributed by atoms with Gasteiger partial charge in [0.25, 0.3) is 5.91 Å². The van der Waals surface area contributed by atoms with Crippen molar-refractivity contribution in [1.29, 1.82) is 0 Å². The lowest BCUT2D eigenvalue weighted by Gasteiger charge is -2.20. The fraction of sp³-hybridized carbons (Fsp3) is 0.500. The van der Waals surface area contributed by atoms with Crippen molar-refractivity contribution in [3.63, 3.8) is 0 Å². The van der Waals surface area contributed by atoms with Gasteiger partial charge in [0, 0.05) is 24.1 Å². The maximum Gasteiger partial charge on any atom is 0.303 e. The molecule has 7 nitrogen and oxygen atoms in total. The first kappa shape index (κ1) is 20.1. The van der Waals surface area contributed by atoms with Crippen LogP contribution in [0.2, 0.25) is 0 Å². The normalized spacial score (nSPS) is 12.0. The number of carbonyl (C=O) groups is 2. The quantitative estimate of drug-likeness (QED) is 0.614. The molecule has 0 saturated carbocycles. The molecule has 1 amide bonds. The minimum atomic E-state index is -3.63. The van der Waals surface area contributed by atoms with Crippen LogP contribution >= 0.6 is 0 Å². The number of hydrogen-bond donors (Lipinski definition) is 3. The Bertz CT molecular complexity index is 675. The Morgan fingerprint density at radius 2 is 1.67 bits per heavy atom. The molecule has 1 aromatic rings. The number of nitrogens with one attached hydrogen (secondary N) is 2. The summed E-state index contributed by atoms with van der Waals surface area (Å²) in [5.41, 5.74) is -0.242. The number of carboxylic acid groups (broad SMARTS) is 1. The molecule has 134 valence electrons. The van der Waals surface area contributed by atoms with Crippen molar-refractivity contribution < 1.29 is 23.1 Å². The summed E-state index contributed by atoms with van der Waals surface area (Å²) in [7, 11) is -3.63. The molecule has 0 bridgehead atoms. The van der Waals surface area contributed by atoms with Crippen molar-refractivity contribution in [3.8, 4) is 0 Å². The number of unbranched alkanes of at least 4 members (excludes halogenated alkanes) is 1. The van der Waals surface area contributed by atoms with Gasteiger partial charge in [-0.2, -0.15) is 0 Å². The van der Waals surface area contributed by atoms with Gasteiger partial charge in [-0.1, -0.05) is 0 Å². The van der Waals surface area contributed by atoms with Crippen LogP contribution in [0.15, 0.2) is 29.2 Å². The van der Waals surface area contributed by atoms with E-state index in [1.807, 2.05) is 0 Å². The van der Waals surface area contributed by atoms with Gasteiger partial charge in [-0.25, -0.2) is 13.1 Å². The molecule has 0 saturated heterocycles. The third-order valence-corrected chi connectivity index (χ3v) is 4.74. The summed E-state index contributed by atoms with van der Waals surface area (Å²) in [5, 5.41) is 11.2. The summed E-state index contributed by atoms with van der Waals surface area (Å²) < 4.78 is 26.9. The largest absolute Gasteiger partial charge is 0.481 e. The standard InChI is InChI=1S/C16H24N2O5S/c1-16(2,3)18-24(22,23)13-9-7-12(8-10-13)15(21)17-11-5-4-6-14(19)20/h7-10,18H,4-6,11H2,1-3H3,(H,17,21)(H,19,20). The van der Waals surface area contributed by atoms with Crippen LogP contribution in [0.1, 0.15) is 50.4 Å². The summed E-state index contributed by atoms with van der Waals surface area (Å²) in [6.45, 7) is 5.61. The van der Waals surface area contributed by atoms with E-state index in [0.29, 0.717) is 24.9 Å². The second-order valence-corrected chi connectivity index (χ2v) is 8.17.